The summed E-state index contributed by atoms with van der Waals surface area (Å²) in [6, 6.07) is 19.7. The Kier molecular flexibility index (Phi) is 7.34. The van der Waals surface area contributed by atoms with Crippen LogP contribution in [0.25, 0.3) is 0 Å². The molecular formula is C24H25FN2O2. The van der Waals surface area contributed by atoms with Crippen LogP contribution in [0, 0.1) is 5.82 Å². The Morgan fingerprint density at radius 1 is 1.07 bits per heavy atom. The Labute approximate surface area is 170 Å². The van der Waals surface area contributed by atoms with Crippen molar-refractivity contribution in [3.05, 3.63) is 95.6 Å². The molecule has 0 radical (unpaired) electrons. The first-order valence-corrected chi connectivity index (χ1v) is 9.71. The summed E-state index contributed by atoms with van der Waals surface area (Å²) in [4.78, 5) is 17.2. The standard InChI is InChI=1S/C24H25FN2O2/c1-29-22-13-7-18(8-14-22)5-4-16-27-24(28)23(17-21-6-2-3-15-26-21)19-9-11-20(25)12-10-19/h2-3,6-15,23H,4-5,16-17H2,1H3,(H,27,28). The summed E-state index contributed by atoms with van der Waals surface area (Å²) >= 11 is 0. The lowest BCUT2D eigenvalue weighted by Gasteiger charge is -2.17. The maximum atomic E-state index is 13.3. The first-order valence-electron chi connectivity index (χ1n) is 9.71. The Hall–Kier alpha value is -3.21. The van der Waals surface area contributed by atoms with Crippen molar-refractivity contribution in [2.75, 3.05) is 13.7 Å². The number of carbonyl (C=O) groups excluding carboxylic acids is 1. The van der Waals surface area contributed by atoms with Crippen molar-refractivity contribution >= 4 is 5.91 Å². The van der Waals surface area contributed by atoms with E-state index < -0.39 is 5.92 Å². The van der Waals surface area contributed by atoms with Crippen LogP contribution in [0.15, 0.2) is 72.9 Å². The molecule has 1 amide bonds. The second-order valence-corrected chi connectivity index (χ2v) is 6.87. The van der Waals surface area contributed by atoms with Gasteiger partial charge < -0.3 is 10.1 Å². The quantitative estimate of drug-likeness (QED) is 0.552. The number of carbonyl (C=O) groups is 1. The molecule has 0 fully saturated rings. The number of rotatable bonds is 9. The van der Waals surface area contributed by atoms with Crippen molar-refractivity contribution in [2.45, 2.75) is 25.2 Å². The van der Waals surface area contributed by atoms with Gasteiger partial charge in [0, 0.05) is 24.9 Å². The van der Waals surface area contributed by atoms with Crippen LogP contribution >= 0.6 is 0 Å². The van der Waals surface area contributed by atoms with E-state index in [4.69, 9.17) is 4.74 Å². The van der Waals surface area contributed by atoms with Gasteiger partial charge in [-0.25, -0.2) is 4.39 Å². The second-order valence-electron chi connectivity index (χ2n) is 6.87. The van der Waals surface area contributed by atoms with Gasteiger partial charge in [0.25, 0.3) is 0 Å². The average molecular weight is 392 g/mol. The highest BCUT2D eigenvalue weighted by Crippen LogP contribution is 2.21. The summed E-state index contributed by atoms with van der Waals surface area (Å²) < 4.78 is 18.5. The van der Waals surface area contributed by atoms with E-state index in [0.717, 1.165) is 29.8 Å². The third-order valence-electron chi connectivity index (χ3n) is 4.83. The minimum absolute atomic E-state index is 0.0722. The molecule has 1 N–H and O–H groups in total. The Balaban J connectivity index is 1.59. The highest BCUT2D eigenvalue weighted by Gasteiger charge is 2.21. The smallest absolute Gasteiger partial charge is 0.227 e. The van der Waals surface area contributed by atoms with E-state index in [1.807, 2.05) is 42.5 Å². The molecule has 4 nitrogen and oxygen atoms in total. The normalized spacial score (nSPS) is 11.7. The van der Waals surface area contributed by atoms with Gasteiger partial charge in [-0.2, -0.15) is 0 Å². The van der Waals surface area contributed by atoms with Gasteiger partial charge in [-0.05, 0) is 60.4 Å². The van der Waals surface area contributed by atoms with E-state index in [0.29, 0.717) is 13.0 Å². The molecule has 5 heteroatoms. The molecule has 0 spiro atoms. The van der Waals surface area contributed by atoms with Crippen LogP contribution < -0.4 is 10.1 Å². The van der Waals surface area contributed by atoms with Gasteiger partial charge in [0.05, 0.1) is 13.0 Å². The summed E-state index contributed by atoms with van der Waals surface area (Å²) in [5, 5.41) is 3.02. The lowest BCUT2D eigenvalue weighted by molar-refractivity contribution is -0.122. The zero-order valence-corrected chi connectivity index (χ0v) is 16.5. The summed E-state index contributed by atoms with van der Waals surface area (Å²) in [5.74, 6) is 0.0347. The summed E-state index contributed by atoms with van der Waals surface area (Å²) in [7, 11) is 1.65. The highest BCUT2D eigenvalue weighted by atomic mass is 19.1. The van der Waals surface area contributed by atoms with Gasteiger partial charge in [0.15, 0.2) is 0 Å². The number of hydrogen-bond donors (Lipinski definition) is 1. The monoisotopic (exact) mass is 392 g/mol. The molecule has 3 rings (SSSR count). The van der Waals surface area contributed by atoms with E-state index in [1.165, 1.54) is 17.7 Å². The predicted molar refractivity (Wildman–Crippen MR) is 111 cm³/mol. The van der Waals surface area contributed by atoms with Gasteiger partial charge in [-0.3, -0.25) is 9.78 Å². The van der Waals surface area contributed by atoms with Crippen molar-refractivity contribution in [1.29, 1.82) is 0 Å². The highest BCUT2D eigenvalue weighted by molar-refractivity contribution is 5.83. The molecule has 3 aromatic rings. The van der Waals surface area contributed by atoms with Crippen LogP contribution in [-0.4, -0.2) is 24.5 Å². The fourth-order valence-corrected chi connectivity index (χ4v) is 3.20. The first-order chi connectivity index (χ1) is 14.2. The molecule has 2 aromatic carbocycles. The van der Waals surface area contributed by atoms with Crippen molar-refractivity contribution < 1.29 is 13.9 Å². The molecule has 1 unspecified atom stereocenters. The molecule has 0 bridgehead atoms. The number of aryl methyl sites for hydroxylation is 1. The van der Waals surface area contributed by atoms with Gasteiger partial charge >= 0.3 is 0 Å². The van der Waals surface area contributed by atoms with Crippen LogP contribution in [0.2, 0.25) is 0 Å². The van der Waals surface area contributed by atoms with Crippen LogP contribution in [0.4, 0.5) is 4.39 Å². The van der Waals surface area contributed by atoms with Crippen molar-refractivity contribution in [1.82, 2.24) is 10.3 Å². The molecule has 1 aromatic heterocycles. The number of amides is 1. The Bertz CT molecular complexity index is 896. The molecule has 0 aliphatic carbocycles. The lowest BCUT2D eigenvalue weighted by atomic mass is 9.93. The van der Waals surface area contributed by atoms with Crippen molar-refractivity contribution in [3.8, 4) is 5.75 Å². The summed E-state index contributed by atoms with van der Waals surface area (Å²) in [5.41, 5.74) is 2.81. The van der Waals surface area contributed by atoms with E-state index in [9.17, 15) is 9.18 Å². The Morgan fingerprint density at radius 2 is 1.83 bits per heavy atom. The van der Waals surface area contributed by atoms with Gasteiger partial charge in [-0.15, -0.1) is 0 Å². The molecule has 1 heterocycles. The SMILES string of the molecule is COc1ccc(CCCNC(=O)C(Cc2ccccn2)c2ccc(F)cc2)cc1. The summed E-state index contributed by atoms with van der Waals surface area (Å²) in [6.07, 6.45) is 3.88. The molecule has 150 valence electrons. The fourth-order valence-electron chi connectivity index (χ4n) is 3.20. The van der Waals surface area contributed by atoms with Gasteiger partial charge in [0.1, 0.15) is 11.6 Å². The van der Waals surface area contributed by atoms with E-state index in [1.54, 1.807) is 25.4 Å². The van der Waals surface area contributed by atoms with Crippen LogP contribution in [0.5, 0.6) is 5.75 Å². The number of nitrogens with one attached hydrogen (secondary N) is 1. The molecular weight excluding hydrogens is 367 g/mol. The zero-order valence-electron chi connectivity index (χ0n) is 16.5. The van der Waals surface area contributed by atoms with E-state index >= 15 is 0 Å². The minimum atomic E-state index is -0.411. The summed E-state index contributed by atoms with van der Waals surface area (Å²) in [6.45, 7) is 0.574. The van der Waals surface area contributed by atoms with Crippen LogP contribution in [-0.2, 0) is 17.6 Å². The number of benzene rings is 2. The van der Waals surface area contributed by atoms with Gasteiger partial charge in [-0.1, -0.05) is 30.3 Å². The van der Waals surface area contributed by atoms with E-state index in [2.05, 4.69) is 10.3 Å². The maximum Gasteiger partial charge on any atom is 0.227 e. The number of methoxy groups -OCH3 is 1. The van der Waals surface area contributed by atoms with Crippen LogP contribution in [0.1, 0.15) is 29.2 Å². The Morgan fingerprint density at radius 3 is 2.48 bits per heavy atom. The number of halogens is 1. The fraction of sp³-hybridized carbons (Fsp3) is 0.250. The average Bonchev–Trinajstić information content (AvgIpc) is 2.77. The zero-order chi connectivity index (χ0) is 20.5. The lowest BCUT2D eigenvalue weighted by Crippen LogP contribution is -2.31. The predicted octanol–water partition coefficient (Wildman–Crippen LogP) is 4.30. The maximum absolute atomic E-state index is 13.3. The van der Waals surface area contributed by atoms with Crippen molar-refractivity contribution in [3.63, 3.8) is 0 Å². The van der Waals surface area contributed by atoms with Crippen molar-refractivity contribution in [2.24, 2.45) is 0 Å². The van der Waals surface area contributed by atoms with Crippen LogP contribution in [0.3, 0.4) is 0 Å². The molecule has 0 saturated heterocycles. The third-order valence-corrected chi connectivity index (χ3v) is 4.83. The molecule has 0 aliphatic rings. The number of hydrogen-bond acceptors (Lipinski definition) is 3. The number of ether oxygens (including phenoxy) is 1. The second kappa shape index (κ2) is 10.4. The third kappa shape index (κ3) is 6.14. The first kappa shape index (κ1) is 20.5. The largest absolute Gasteiger partial charge is 0.497 e. The molecule has 29 heavy (non-hydrogen) atoms. The number of aromatic nitrogens is 1. The van der Waals surface area contributed by atoms with Gasteiger partial charge in [0.2, 0.25) is 5.91 Å². The molecule has 1 atom stereocenters. The molecule has 0 saturated carbocycles. The number of pyridine rings is 1. The minimum Gasteiger partial charge on any atom is -0.497 e. The molecule has 0 aliphatic heterocycles. The topological polar surface area (TPSA) is 51.2 Å². The number of nitrogens with zero attached hydrogens (tertiary/aromatic N) is 1. The van der Waals surface area contributed by atoms with E-state index in [-0.39, 0.29) is 11.7 Å².